The van der Waals surface area contributed by atoms with Crippen LogP contribution in [0.5, 0.6) is 5.75 Å². The van der Waals surface area contributed by atoms with E-state index in [9.17, 15) is 8.42 Å². The lowest BCUT2D eigenvalue weighted by atomic mass is 10.1. The van der Waals surface area contributed by atoms with Gasteiger partial charge in [0.25, 0.3) is 0 Å². The van der Waals surface area contributed by atoms with E-state index in [1.54, 1.807) is 13.2 Å². The van der Waals surface area contributed by atoms with Crippen molar-refractivity contribution in [2.45, 2.75) is 18.7 Å². The molecule has 1 atom stereocenters. The van der Waals surface area contributed by atoms with Gasteiger partial charge in [0.2, 0.25) is 0 Å². The fraction of sp³-hybridized carbons (Fsp3) is 0.400. The number of nitrogens with zero attached hydrogens (tertiary/aromatic N) is 1. The summed E-state index contributed by atoms with van der Waals surface area (Å²) in [5.41, 5.74) is 3.64. The van der Waals surface area contributed by atoms with Crippen LogP contribution in [0.15, 0.2) is 36.4 Å². The number of hydrogen-bond acceptors (Lipinski definition) is 6. The summed E-state index contributed by atoms with van der Waals surface area (Å²) in [6, 6.07) is 11.4. The monoisotopic (exact) mass is 423 g/mol. The second-order valence-electron chi connectivity index (χ2n) is 6.86. The Morgan fingerprint density at radius 1 is 1.21 bits per heavy atom. The van der Waals surface area contributed by atoms with Crippen molar-refractivity contribution in [2.75, 3.05) is 43.5 Å². The van der Waals surface area contributed by atoms with Gasteiger partial charge < -0.3 is 20.3 Å². The molecule has 1 heterocycles. The maximum absolute atomic E-state index is 11.3. The van der Waals surface area contributed by atoms with Gasteiger partial charge in [-0.15, -0.1) is 0 Å². The third-order valence-corrected chi connectivity index (χ3v) is 5.69. The number of hydrogen-bond donors (Lipinski definition) is 3. The molecule has 1 aliphatic heterocycles. The second kappa shape index (κ2) is 9.49. The number of halogens is 1. The van der Waals surface area contributed by atoms with Crippen LogP contribution in [-0.2, 0) is 16.5 Å². The fourth-order valence-corrected chi connectivity index (χ4v) is 4.15. The van der Waals surface area contributed by atoms with E-state index < -0.39 is 10.7 Å². The van der Waals surface area contributed by atoms with Crippen LogP contribution in [0.1, 0.15) is 24.1 Å². The largest absolute Gasteiger partial charge is 0.497 e. The molecule has 6 nitrogen and oxygen atoms in total. The Balaban J connectivity index is 1.89. The number of piperazine rings is 1. The number of anilines is 2. The Bertz CT molecular complexity index is 890. The molecule has 1 unspecified atom stereocenters. The minimum absolute atomic E-state index is 0.00505. The minimum atomic E-state index is -2.51. The standard InChI is InChI=1S/C20H26ClN3O3S/c1-14(16-9-17(21)11-19(10-16)27-2)23-20-12-18(24-7-5-22-6-8-24)4-3-15(20)13-28(25)26/h3-4,9-12,14,22-23,28H,5-8,13H2,1-2H3. The van der Waals surface area contributed by atoms with Crippen LogP contribution in [0.2, 0.25) is 5.02 Å². The zero-order valence-corrected chi connectivity index (χ0v) is 17.7. The van der Waals surface area contributed by atoms with E-state index in [4.69, 9.17) is 16.3 Å². The lowest BCUT2D eigenvalue weighted by molar-refractivity contribution is 0.414. The molecular weight excluding hydrogens is 398 g/mol. The van der Waals surface area contributed by atoms with Crippen LogP contribution >= 0.6 is 11.6 Å². The predicted molar refractivity (Wildman–Crippen MR) is 116 cm³/mol. The summed E-state index contributed by atoms with van der Waals surface area (Å²) in [4.78, 5) is 2.30. The van der Waals surface area contributed by atoms with Crippen LogP contribution in [0.4, 0.5) is 11.4 Å². The molecule has 2 N–H and O–H groups in total. The summed E-state index contributed by atoms with van der Waals surface area (Å²) in [5, 5.41) is 7.41. The Morgan fingerprint density at radius 3 is 2.64 bits per heavy atom. The van der Waals surface area contributed by atoms with E-state index in [1.165, 1.54) is 0 Å². The molecule has 152 valence electrons. The van der Waals surface area contributed by atoms with Gasteiger partial charge in [-0.05, 0) is 48.4 Å². The van der Waals surface area contributed by atoms with Gasteiger partial charge in [0, 0.05) is 48.6 Å². The highest BCUT2D eigenvalue weighted by molar-refractivity contribution is 7.71. The van der Waals surface area contributed by atoms with Crippen LogP contribution in [0.25, 0.3) is 0 Å². The molecule has 0 saturated carbocycles. The summed E-state index contributed by atoms with van der Waals surface area (Å²) in [6.45, 7) is 5.75. The van der Waals surface area contributed by atoms with E-state index >= 15 is 0 Å². The quantitative estimate of drug-likeness (QED) is 0.594. The first-order valence-electron chi connectivity index (χ1n) is 9.27. The van der Waals surface area contributed by atoms with Gasteiger partial charge in [-0.1, -0.05) is 17.7 Å². The third-order valence-electron chi connectivity index (χ3n) is 4.88. The Kier molecular flexibility index (Phi) is 7.04. The second-order valence-corrected chi connectivity index (χ2v) is 8.28. The van der Waals surface area contributed by atoms with Gasteiger partial charge in [0.1, 0.15) is 16.5 Å². The first kappa shape index (κ1) is 20.8. The van der Waals surface area contributed by atoms with E-state index in [0.29, 0.717) is 10.8 Å². The molecular formula is C20H26ClN3O3S. The average Bonchev–Trinajstić information content (AvgIpc) is 2.69. The van der Waals surface area contributed by atoms with Crippen molar-refractivity contribution in [1.29, 1.82) is 0 Å². The SMILES string of the molecule is COc1cc(Cl)cc(C(C)Nc2cc(N3CCNCC3)ccc2C[SH](=O)=O)c1. The third kappa shape index (κ3) is 5.31. The molecule has 1 saturated heterocycles. The zero-order chi connectivity index (χ0) is 20.1. The van der Waals surface area contributed by atoms with Crippen LogP contribution in [0.3, 0.4) is 0 Å². The number of thiol groups is 1. The average molecular weight is 424 g/mol. The maximum Gasteiger partial charge on any atom is 0.144 e. The van der Waals surface area contributed by atoms with Gasteiger partial charge in [0.15, 0.2) is 0 Å². The highest BCUT2D eigenvalue weighted by Crippen LogP contribution is 2.31. The van der Waals surface area contributed by atoms with E-state index in [-0.39, 0.29) is 11.8 Å². The molecule has 2 aromatic rings. The molecule has 28 heavy (non-hydrogen) atoms. The van der Waals surface area contributed by atoms with Crippen LogP contribution < -0.4 is 20.3 Å². The smallest absolute Gasteiger partial charge is 0.144 e. The highest BCUT2D eigenvalue weighted by Gasteiger charge is 2.15. The molecule has 0 spiro atoms. The van der Waals surface area contributed by atoms with E-state index in [2.05, 4.69) is 15.5 Å². The fourth-order valence-electron chi connectivity index (χ4n) is 3.36. The predicted octanol–water partition coefficient (Wildman–Crippen LogP) is 3.04. The van der Waals surface area contributed by atoms with Gasteiger partial charge in [0.05, 0.1) is 12.9 Å². The number of ether oxygens (including phenoxy) is 1. The molecule has 2 aromatic carbocycles. The van der Waals surface area contributed by atoms with Crippen molar-refractivity contribution in [2.24, 2.45) is 0 Å². The Hall–Kier alpha value is -1.96. The van der Waals surface area contributed by atoms with Crippen molar-refractivity contribution in [1.82, 2.24) is 5.32 Å². The summed E-state index contributed by atoms with van der Waals surface area (Å²) in [5.74, 6) is 0.694. The number of benzene rings is 2. The van der Waals surface area contributed by atoms with Crippen molar-refractivity contribution < 1.29 is 13.2 Å². The van der Waals surface area contributed by atoms with Crippen molar-refractivity contribution >= 4 is 33.7 Å². The molecule has 0 aliphatic carbocycles. The Morgan fingerprint density at radius 2 is 1.96 bits per heavy atom. The molecule has 1 fully saturated rings. The lowest BCUT2D eigenvalue weighted by Crippen LogP contribution is -2.43. The lowest BCUT2D eigenvalue weighted by Gasteiger charge is -2.30. The van der Waals surface area contributed by atoms with Crippen LogP contribution in [0, 0.1) is 0 Å². The number of rotatable bonds is 7. The molecule has 0 amide bonds. The molecule has 0 aromatic heterocycles. The van der Waals surface area contributed by atoms with Crippen LogP contribution in [-0.4, -0.2) is 41.7 Å². The van der Waals surface area contributed by atoms with Gasteiger partial charge in [-0.3, -0.25) is 0 Å². The van der Waals surface area contributed by atoms with Gasteiger partial charge in [-0.2, -0.15) is 0 Å². The summed E-state index contributed by atoms with van der Waals surface area (Å²) in [6.07, 6.45) is 0. The van der Waals surface area contributed by atoms with Gasteiger partial charge >= 0.3 is 0 Å². The van der Waals surface area contributed by atoms with E-state index in [0.717, 1.165) is 48.7 Å². The molecule has 0 bridgehead atoms. The maximum atomic E-state index is 11.3. The normalized spacial score (nSPS) is 15.5. The molecule has 3 rings (SSSR count). The van der Waals surface area contributed by atoms with E-state index in [1.807, 2.05) is 37.3 Å². The minimum Gasteiger partial charge on any atom is -0.497 e. The topological polar surface area (TPSA) is 70.7 Å². The number of nitrogens with one attached hydrogen (secondary N) is 2. The molecule has 0 radical (unpaired) electrons. The molecule has 8 heteroatoms. The molecule has 1 aliphatic rings. The number of methoxy groups -OCH3 is 1. The van der Waals surface area contributed by atoms with Crippen molar-refractivity contribution in [3.63, 3.8) is 0 Å². The summed E-state index contributed by atoms with van der Waals surface area (Å²) < 4.78 is 28.0. The first-order chi connectivity index (χ1) is 13.5. The summed E-state index contributed by atoms with van der Waals surface area (Å²) in [7, 11) is -0.909. The highest BCUT2D eigenvalue weighted by atomic mass is 35.5. The zero-order valence-electron chi connectivity index (χ0n) is 16.1. The summed E-state index contributed by atoms with van der Waals surface area (Å²) >= 11 is 6.20. The first-order valence-corrected chi connectivity index (χ1v) is 11.0. The van der Waals surface area contributed by atoms with Crippen molar-refractivity contribution in [3.05, 3.63) is 52.5 Å². The van der Waals surface area contributed by atoms with Crippen molar-refractivity contribution in [3.8, 4) is 5.75 Å². The van der Waals surface area contributed by atoms with Gasteiger partial charge in [-0.25, -0.2) is 8.42 Å². The Labute approximate surface area is 172 Å².